The Bertz CT molecular complexity index is 1080. The summed E-state index contributed by atoms with van der Waals surface area (Å²) < 4.78 is 10.5. The number of carbonyl (C=O) groups is 3. The van der Waals surface area contributed by atoms with Crippen molar-refractivity contribution in [3.63, 3.8) is 0 Å². The van der Waals surface area contributed by atoms with E-state index < -0.39 is 12.0 Å². The van der Waals surface area contributed by atoms with Crippen molar-refractivity contribution in [2.45, 2.75) is 19.9 Å². The monoisotopic (exact) mass is 439 g/mol. The first-order valence-electron chi connectivity index (χ1n) is 9.47. The van der Waals surface area contributed by atoms with Gasteiger partial charge in [-0.05, 0) is 35.2 Å². The highest BCUT2D eigenvalue weighted by molar-refractivity contribution is 7.14. The highest BCUT2D eigenvalue weighted by atomic mass is 32.1. The van der Waals surface area contributed by atoms with E-state index in [2.05, 4.69) is 20.4 Å². The molecule has 160 valence electrons. The molecule has 2 N–H and O–H groups in total. The zero-order valence-corrected chi connectivity index (χ0v) is 17.8. The van der Waals surface area contributed by atoms with Crippen molar-refractivity contribution in [1.82, 2.24) is 10.3 Å². The maximum atomic E-state index is 12.1. The number of amides is 2. The van der Waals surface area contributed by atoms with Crippen LogP contribution in [0.3, 0.4) is 0 Å². The van der Waals surface area contributed by atoms with Crippen LogP contribution in [-0.2, 0) is 11.3 Å². The maximum absolute atomic E-state index is 12.1. The lowest BCUT2D eigenvalue weighted by atomic mass is 10.2. The average Bonchev–Trinajstić information content (AvgIpc) is 3.25. The van der Waals surface area contributed by atoms with E-state index in [4.69, 9.17) is 4.74 Å². The molecule has 3 rings (SSSR count). The van der Waals surface area contributed by atoms with E-state index in [9.17, 15) is 14.4 Å². The topological polar surface area (TPSA) is 107 Å². The van der Waals surface area contributed by atoms with E-state index in [0.29, 0.717) is 34.2 Å². The number of nitrogens with zero attached hydrogens (tertiary/aromatic N) is 1. The summed E-state index contributed by atoms with van der Waals surface area (Å²) in [6.07, 6.45) is 1.91. The van der Waals surface area contributed by atoms with Gasteiger partial charge < -0.3 is 14.8 Å². The van der Waals surface area contributed by atoms with E-state index in [1.807, 2.05) is 12.1 Å². The quantitative estimate of drug-likeness (QED) is 0.391. The Hall–Kier alpha value is -3.72. The number of hydrogen-bond donors (Lipinski definition) is 2. The van der Waals surface area contributed by atoms with Gasteiger partial charge in [-0.1, -0.05) is 19.1 Å². The van der Waals surface area contributed by atoms with E-state index >= 15 is 0 Å². The van der Waals surface area contributed by atoms with Gasteiger partial charge in [0.1, 0.15) is 22.2 Å². The van der Waals surface area contributed by atoms with Gasteiger partial charge in [-0.2, -0.15) is 0 Å². The molecular formula is C22H21N3O5S. The Labute approximate surface area is 183 Å². The number of methoxy groups -OCH3 is 1. The highest BCUT2D eigenvalue weighted by Crippen LogP contribution is 2.24. The van der Waals surface area contributed by atoms with E-state index in [1.54, 1.807) is 42.6 Å². The third-order valence-corrected chi connectivity index (χ3v) is 5.08. The van der Waals surface area contributed by atoms with Crippen LogP contribution < -0.4 is 15.4 Å². The normalized spacial score (nSPS) is 10.3. The lowest BCUT2D eigenvalue weighted by Crippen LogP contribution is -2.28. The molecule has 0 saturated carbocycles. The SMILES string of the molecule is CCC(=O)c1cc(Oc2ccc(CNC(=O)Nc3sccc3C(=O)OC)cc2)ccn1. The summed E-state index contributed by atoms with van der Waals surface area (Å²) in [4.78, 5) is 39.6. The minimum Gasteiger partial charge on any atom is -0.465 e. The smallest absolute Gasteiger partial charge is 0.340 e. The molecule has 1 aromatic carbocycles. The molecule has 2 aromatic heterocycles. The third kappa shape index (κ3) is 5.89. The summed E-state index contributed by atoms with van der Waals surface area (Å²) >= 11 is 1.24. The van der Waals surface area contributed by atoms with Crippen molar-refractivity contribution < 1.29 is 23.9 Å². The molecule has 31 heavy (non-hydrogen) atoms. The minimum atomic E-state index is -0.507. The number of Topliss-reactive ketones (excluding diaryl/α,β-unsaturated/α-hetero) is 1. The van der Waals surface area contributed by atoms with Gasteiger partial charge in [-0.3, -0.25) is 15.1 Å². The number of pyridine rings is 1. The number of rotatable bonds is 8. The number of carbonyl (C=O) groups excluding carboxylic acids is 3. The van der Waals surface area contributed by atoms with Gasteiger partial charge >= 0.3 is 12.0 Å². The predicted molar refractivity (Wildman–Crippen MR) is 117 cm³/mol. The number of hydrogen-bond acceptors (Lipinski definition) is 7. The number of urea groups is 1. The number of anilines is 1. The van der Waals surface area contributed by atoms with Gasteiger partial charge in [0.05, 0.1) is 12.7 Å². The zero-order chi connectivity index (χ0) is 22.2. The fraction of sp³-hybridized carbons (Fsp3) is 0.182. The molecule has 0 saturated heterocycles. The second kappa shape index (κ2) is 10.4. The fourth-order valence-electron chi connectivity index (χ4n) is 2.63. The van der Waals surface area contributed by atoms with Crippen molar-refractivity contribution in [1.29, 1.82) is 0 Å². The van der Waals surface area contributed by atoms with Gasteiger partial charge in [0.2, 0.25) is 0 Å². The molecule has 0 aliphatic heterocycles. The number of ketones is 1. The van der Waals surface area contributed by atoms with Crippen molar-refractivity contribution >= 4 is 34.1 Å². The molecule has 2 heterocycles. The van der Waals surface area contributed by atoms with Crippen molar-refractivity contribution in [3.05, 3.63) is 70.9 Å². The fourth-order valence-corrected chi connectivity index (χ4v) is 3.40. The highest BCUT2D eigenvalue weighted by Gasteiger charge is 2.15. The Morgan fingerprint density at radius 1 is 1.06 bits per heavy atom. The van der Waals surface area contributed by atoms with Crippen molar-refractivity contribution in [3.8, 4) is 11.5 Å². The molecule has 0 atom stereocenters. The van der Waals surface area contributed by atoms with E-state index in [1.165, 1.54) is 24.6 Å². The minimum absolute atomic E-state index is 0.0496. The molecule has 3 aromatic rings. The lowest BCUT2D eigenvalue weighted by molar-refractivity contribution is 0.0602. The number of nitrogens with one attached hydrogen (secondary N) is 2. The number of benzene rings is 1. The molecule has 2 amide bonds. The van der Waals surface area contributed by atoms with Crippen LogP contribution in [0.5, 0.6) is 11.5 Å². The number of ether oxygens (including phenoxy) is 2. The van der Waals surface area contributed by atoms with Crippen LogP contribution in [0.15, 0.2) is 54.0 Å². The van der Waals surface area contributed by atoms with Crippen LogP contribution >= 0.6 is 11.3 Å². The molecule has 8 nitrogen and oxygen atoms in total. The summed E-state index contributed by atoms with van der Waals surface area (Å²) in [7, 11) is 1.29. The van der Waals surface area contributed by atoms with Crippen LogP contribution in [0.2, 0.25) is 0 Å². The first-order valence-corrected chi connectivity index (χ1v) is 10.3. The number of aromatic nitrogens is 1. The largest absolute Gasteiger partial charge is 0.465 e. The Kier molecular flexibility index (Phi) is 7.34. The van der Waals surface area contributed by atoms with Crippen molar-refractivity contribution in [2.24, 2.45) is 0 Å². The molecule has 0 unspecified atom stereocenters. The maximum Gasteiger partial charge on any atom is 0.340 e. The zero-order valence-electron chi connectivity index (χ0n) is 17.0. The van der Waals surface area contributed by atoms with Crippen molar-refractivity contribution in [2.75, 3.05) is 12.4 Å². The molecular weight excluding hydrogens is 418 g/mol. The second-order valence-corrected chi connectivity index (χ2v) is 7.28. The lowest BCUT2D eigenvalue weighted by Gasteiger charge is -2.09. The number of esters is 1. The van der Waals surface area contributed by atoms with Crippen LogP contribution in [-0.4, -0.2) is 29.9 Å². The second-order valence-electron chi connectivity index (χ2n) is 6.36. The molecule has 0 spiro atoms. The third-order valence-electron chi connectivity index (χ3n) is 4.25. The van der Waals surface area contributed by atoms with Crippen LogP contribution in [0.1, 0.15) is 39.8 Å². The van der Waals surface area contributed by atoms with Gasteiger partial charge in [-0.15, -0.1) is 11.3 Å². The Balaban J connectivity index is 1.54. The summed E-state index contributed by atoms with van der Waals surface area (Å²) in [5, 5.41) is 7.51. The van der Waals surface area contributed by atoms with E-state index in [-0.39, 0.29) is 12.3 Å². The summed E-state index contributed by atoms with van der Waals surface area (Å²) in [5.41, 5.74) is 1.54. The first-order chi connectivity index (χ1) is 15.0. The standard InChI is InChI=1S/C22H21N3O5S/c1-3-19(26)18-12-16(8-10-23-18)30-15-6-4-14(5-7-15)13-24-22(28)25-20-17(9-11-31-20)21(27)29-2/h4-12H,3,13H2,1-2H3,(H2,24,25,28). The first kappa shape index (κ1) is 22.0. The molecule has 0 aliphatic rings. The molecule has 0 fully saturated rings. The number of thiophene rings is 1. The Morgan fingerprint density at radius 2 is 1.84 bits per heavy atom. The molecule has 0 bridgehead atoms. The average molecular weight is 439 g/mol. The molecule has 0 aliphatic carbocycles. The summed E-state index contributed by atoms with van der Waals surface area (Å²) in [6.45, 7) is 2.07. The van der Waals surface area contributed by atoms with Gasteiger partial charge in [0, 0.05) is 25.2 Å². The predicted octanol–water partition coefficient (Wildman–Crippen LogP) is 4.64. The van der Waals surface area contributed by atoms with Gasteiger partial charge in [0.25, 0.3) is 0 Å². The molecule has 0 radical (unpaired) electrons. The summed E-state index contributed by atoms with van der Waals surface area (Å²) in [5.74, 6) is 0.559. The molecule has 9 heteroatoms. The van der Waals surface area contributed by atoms with Crippen LogP contribution in [0.4, 0.5) is 9.80 Å². The van der Waals surface area contributed by atoms with Crippen LogP contribution in [0.25, 0.3) is 0 Å². The van der Waals surface area contributed by atoms with E-state index in [0.717, 1.165) is 5.56 Å². The van der Waals surface area contributed by atoms with Gasteiger partial charge in [0.15, 0.2) is 5.78 Å². The van der Waals surface area contributed by atoms with Gasteiger partial charge in [-0.25, -0.2) is 9.59 Å². The van der Waals surface area contributed by atoms with Crippen LogP contribution in [0, 0.1) is 0 Å². The Morgan fingerprint density at radius 3 is 2.55 bits per heavy atom. The summed E-state index contributed by atoms with van der Waals surface area (Å²) in [6, 6.07) is 11.6.